The smallest absolute Gasteiger partial charge is 0.529 e. The molecule has 1 aliphatic heterocycles. The molecule has 45 heavy (non-hydrogen) atoms. The van der Waals surface area contributed by atoms with Gasteiger partial charge in [0.2, 0.25) is 5.91 Å². The number of nitrogens with zero attached hydrogens (tertiary/aromatic N) is 1. The van der Waals surface area contributed by atoms with E-state index in [0.29, 0.717) is 10.5 Å². The normalized spacial score (nSPS) is 14.2. The fourth-order valence-electron chi connectivity index (χ4n) is 3.70. The van der Waals surface area contributed by atoms with Crippen LogP contribution < -0.4 is 40.2 Å². The molecule has 4 N–H and O–H groups in total. The van der Waals surface area contributed by atoms with E-state index in [1.165, 1.54) is 7.05 Å². The third kappa shape index (κ3) is 15.3. The Labute approximate surface area is 291 Å². The van der Waals surface area contributed by atoms with Gasteiger partial charge in [-0.3, -0.25) is 15.1 Å². The average Bonchev–Trinajstić information content (AvgIpc) is 3.04. The van der Waals surface area contributed by atoms with Gasteiger partial charge in [-0.15, -0.1) is 0 Å². The Morgan fingerprint density at radius 1 is 1.18 bits per heavy atom. The second-order valence-corrected chi connectivity index (χ2v) is 9.92. The number of halogens is 4. The molecule has 0 aromatic heterocycles. The maximum atomic E-state index is 12.9. The first kappa shape index (κ1) is 42.1. The van der Waals surface area contributed by atoms with Gasteiger partial charge in [0.1, 0.15) is 5.84 Å². The van der Waals surface area contributed by atoms with E-state index < -0.39 is 31.1 Å². The number of nitrogens with one attached hydrogen (secondary N) is 4. The number of amides is 3. The minimum Gasteiger partial charge on any atom is -0.529 e. The van der Waals surface area contributed by atoms with E-state index in [4.69, 9.17) is 27.2 Å². The molecule has 1 heterocycles. The SMILES string of the molecule is CC.CCC(C)c1ccc(C(=N)N(CCC(F)(F)F)C(=O)NCC(=N)C2=[C-]CC(C(=O)NC)CO2)cc1.Clc1c[c-]ccc1.[Na+]. The van der Waals surface area contributed by atoms with Gasteiger partial charge in [-0.2, -0.15) is 55.1 Å². The van der Waals surface area contributed by atoms with Crippen molar-refractivity contribution in [3.05, 3.63) is 82.6 Å². The van der Waals surface area contributed by atoms with Crippen molar-refractivity contribution in [1.82, 2.24) is 15.5 Å². The fraction of sp³-hybridized carbons (Fsp3) is 0.438. The van der Waals surface area contributed by atoms with Crippen molar-refractivity contribution < 1.29 is 57.1 Å². The Balaban J connectivity index is 0.00000168. The summed E-state index contributed by atoms with van der Waals surface area (Å²) in [6.45, 7) is 7.05. The summed E-state index contributed by atoms with van der Waals surface area (Å²) >= 11 is 5.51. The topological polar surface area (TPSA) is 118 Å². The zero-order valence-electron chi connectivity index (χ0n) is 26.7. The number of ether oxygens (including phenoxy) is 1. The largest absolute Gasteiger partial charge is 1.00 e. The van der Waals surface area contributed by atoms with Crippen LogP contribution >= 0.6 is 11.6 Å². The third-order valence-electron chi connectivity index (χ3n) is 6.41. The summed E-state index contributed by atoms with van der Waals surface area (Å²) in [7, 11) is 1.50. The number of benzene rings is 2. The molecule has 0 spiro atoms. The second-order valence-electron chi connectivity index (χ2n) is 9.49. The molecular formula is C32H41ClF3N5NaO3-. The molecule has 0 bridgehead atoms. The number of allylic oxidation sites excluding steroid dienone is 1. The van der Waals surface area contributed by atoms with Crippen LogP contribution in [-0.4, -0.2) is 61.3 Å². The van der Waals surface area contributed by atoms with E-state index >= 15 is 0 Å². The summed E-state index contributed by atoms with van der Waals surface area (Å²) in [5.74, 6) is -0.665. The molecular weight excluding hydrogens is 618 g/mol. The van der Waals surface area contributed by atoms with Crippen molar-refractivity contribution in [1.29, 1.82) is 10.8 Å². The van der Waals surface area contributed by atoms with E-state index in [-0.39, 0.29) is 78.3 Å². The molecule has 0 fully saturated rings. The number of hydrogen-bond acceptors (Lipinski definition) is 5. The molecule has 13 heteroatoms. The maximum absolute atomic E-state index is 12.9. The standard InChI is InChI=1S/C24H31F3N5O3.C6H4Cl.C2H6.Na/c1-4-15(2)16-5-7-17(8-6-16)21(29)32(12-11-24(25,26)27)23(34)31-13-19(28)20-10-9-18(14-35-20)22(33)30-3;7-6-4-2-1-3-5-6;1-2;/h5-8,15,18,28-29H,4,9,11-14H2,1-3H3,(H,30,33)(H,31,34);1-2,4-5H;1-2H3;/q2*-1;;+1. The van der Waals surface area contributed by atoms with E-state index in [1.54, 1.807) is 30.3 Å². The molecule has 8 nitrogen and oxygen atoms in total. The quantitative estimate of drug-likeness (QED) is 0.140. The number of carbonyl (C=O) groups excluding carboxylic acids is 2. The predicted molar refractivity (Wildman–Crippen MR) is 167 cm³/mol. The zero-order valence-corrected chi connectivity index (χ0v) is 29.5. The molecule has 3 rings (SSSR count). The van der Waals surface area contributed by atoms with Crippen LogP contribution in [0.25, 0.3) is 0 Å². The summed E-state index contributed by atoms with van der Waals surface area (Å²) in [6.07, 6.45) is -1.85. The maximum Gasteiger partial charge on any atom is 1.00 e. The van der Waals surface area contributed by atoms with Crippen molar-refractivity contribution in [2.45, 2.75) is 59.1 Å². The number of amidine groups is 1. The van der Waals surface area contributed by atoms with Gasteiger partial charge >= 0.3 is 41.8 Å². The Bertz CT molecular complexity index is 1240. The van der Waals surface area contributed by atoms with Crippen molar-refractivity contribution in [2.75, 3.05) is 26.7 Å². The number of urea groups is 1. The first-order valence-electron chi connectivity index (χ1n) is 14.3. The van der Waals surface area contributed by atoms with Crippen LogP contribution in [0.3, 0.4) is 0 Å². The van der Waals surface area contributed by atoms with Crippen molar-refractivity contribution in [2.24, 2.45) is 5.92 Å². The summed E-state index contributed by atoms with van der Waals surface area (Å²) in [6, 6.07) is 15.9. The van der Waals surface area contributed by atoms with E-state index in [2.05, 4.69) is 22.8 Å². The Morgan fingerprint density at radius 3 is 2.27 bits per heavy atom. The first-order chi connectivity index (χ1) is 20.9. The second kappa shape index (κ2) is 21.8. The fourth-order valence-corrected chi connectivity index (χ4v) is 3.84. The van der Waals surface area contributed by atoms with Gasteiger partial charge < -0.3 is 20.8 Å². The zero-order chi connectivity index (χ0) is 33.3. The number of carbonyl (C=O) groups is 2. The van der Waals surface area contributed by atoms with Crippen LogP contribution in [0, 0.1) is 28.9 Å². The Kier molecular flexibility index (Phi) is 20.4. The van der Waals surface area contributed by atoms with Gasteiger partial charge in [0.15, 0.2) is 0 Å². The molecule has 2 atom stereocenters. The molecule has 0 saturated heterocycles. The summed E-state index contributed by atoms with van der Waals surface area (Å²) in [5, 5.41) is 22.1. The molecule has 0 saturated carbocycles. The molecule has 2 aromatic rings. The molecule has 2 unspecified atom stereocenters. The monoisotopic (exact) mass is 658 g/mol. The van der Waals surface area contributed by atoms with Crippen molar-refractivity contribution >= 4 is 35.1 Å². The van der Waals surface area contributed by atoms with Gasteiger partial charge in [-0.25, -0.2) is 10.9 Å². The summed E-state index contributed by atoms with van der Waals surface area (Å²) in [5.41, 5.74) is 1.18. The summed E-state index contributed by atoms with van der Waals surface area (Å²) in [4.78, 5) is 25.1. The Morgan fingerprint density at radius 2 is 1.82 bits per heavy atom. The minimum absolute atomic E-state index is 0. The van der Waals surface area contributed by atoms with Gasteiger partial charge in [-0.1, -0.05) is 69.1 Å². The molecule has 0 aliphatic carbocycles. The van der Waals surface area contributed by atoms with Crippen LogP contribution in [0.5, 0.6) is 0 Å². The van der Waals surface area contributed by atoms with Gasteiger partial charge in [0.05, 0.1) is 18.9 Å². The van der Waals surface area contributed by atoms with Crippen LogP contribution in [0.15, 0.2) is 54.3 Å². The minimum atomic E-state index is -4.51. The van der Waals surface area contributed by atoms with E-state index in [1.807, 2.05) is 45.9 Å². The number of alkyl halides is 3. The first-order valence-corrected chi connectivity index (χ1v) is 14.7. The molecule has 3 amide bonds. The molecule has 0 radical (unpaired) electrons. The van der Waals surface area contributed by atoms with E-state index in [0.717, 1.165) is 17.0 Å². The predicted octanol–water partition coefficient (Wildman–Crippen LogP) is 4.15. The van der Waals surface area contributed by atoms with Crippen LogP contribution in [0.1, 0.15) is 64.0 Å². The van der Waals surface area contributed by atoms with Crippen LogP contribution in [0.4, 0.5) is 18.0 Å². The molecule has 2 aromatic carbocycles. The van der Waals surface area contributed by atoms with Crippen molar-refractivity contribution in [3.63, 3.8) is 0 Å². The number of rotatable bonds is 9. The van der Waals surface area contributed by atoms with Gasteiger partial charge in [0.25, 0.3) is 0 Å². The van der Waals surface area contributed by atoms with Crippen LogP contribution in [-0.2, 0) is 9.53 Å². The third-order valence-corrected chi connectivity index (χ3v) is 6.65. The van der Waals surface area contributed by atoms with Crippen molar-refractivity contribution in [3.8, 4) is 0 Å². The summed E-state index contributed by atoms with van der Waals surface area (Å²) < 4.78 is 44.0. The molecule has 1 aliphatic rings. The van der Waals surface area contributed by atoms with Crippen LogP contribution in [0.2, 0.25) is 5.02 Å². The number of hydrogen-bond donors (Lipinski definition) is 4. The average molecular weight is 659 g/mol. The molecule has 242 valence electrons. The van der Waals surface area contributed by atoms with Gasteiger partial charge in [0, 0.05) is 19.2 Å². The van der Waals surface area contributed by atoms with Gasteiger partial charge in [-0.05, 0) is 30.2 Å². The van der Waals surface area contributed by atoms with E-state index in [9.17, 15) is 22.8 Å². The Hall–Kier alpha value is -2.86.